The molecule has 9 nitrogen and oxygen atoms in total. The lowest BCUT2D eigenvalue weighted by atomic mass is 9.94. The van der Waals surface area contributed by atoms with Crippen molar-refractivity contribution < 1.29 is 19.4 Å². The van der Waals surface area contributed by atoms with Crippen molar-refractivity contribution in [1.29, 1.82) is 5.26 Å². The molecule has 1 aromatic heterocycles. The average molecular weight is 503 g/mol. The molecule has 4 rings (SSSR count). The van der Waals surface area contributed by atoms with E-state index in [4.69, 9.17) is 9.47 Å². The van der Waals surface area contributed by atoms with Crippen LogP contribution in [0.1, 0.15) is 59.4 Å². The zero-order valence-electron chi connectivity index (χ0n) is 21.2. The summed E-state index contributed by atoms with van der Waals surface area (Å²) in [4.78, 5) is 32.5. The number of rotatable bonds is 8. The van der Waals surface area contributed by atoms with E-state index in [0.29, 0.717) is 54.5 Å². The molecule has 0 radical (unpaired) electrons. The minimum absolute atomic E-state index is 0.0460. The van der Waals surface area contributed by atoms with E-state index in [1.165, 1.54) is 23.7 Å². The number of aryl methyl sites for hydroxylation is 1. The van der Waals surface area contributed by atoms with Crippen LogP contribution in [-0.4, -0.2) is 52.8 Å². The number of nitriles is 1. The predicted octanol–water partition coefficient (Wildman–Crippen LogP) is 3.80. The fourth-order valence-electron chi connectivity index (χ4n) is 4.84. The summed E-state index contributed by atoms with van der Waals surface area (Å²) in [5.74, 6) is -0.0474. The van der Waals surface area contributed by atoms with E-state index in [1.807, 2.05) is 19.1 Å². The van der Waals surface area contributed by atoms with E-state index in [2.05, 4.69) is 11.1 Å². The van der Waals surface area contributed by atoms with Crippen LogP contribution in [0.25, 0.3) is 5.69 Å². The molecule has 1 unspecified atom stereocenters. The first-order chi connectivity index (χ1) is 17.9. The molecule has 1 saturated heterocycles. The fraction of sp³-hybridized carbons (Fsp3) is 0.357. The number of unbranched alkanes of at least 4 members (excludes halogenated alkanes) is 1. The van der Waals surface area contributed by atoms with Gasteiger partial charge in [-0.3, -0.25) is 14.2 Å². The normalized spacial score (nSPS) is 14.9. The van der Waals surface area contributed by atoms with Crippen LogP contribution < -0.4 is 15.0 Å². The van der Waals surface area contributed by atoms with Gasteiger partial charge >= 0.3 is 0 Å². The van der Waals surface area contributed by atoms with Gasteiger partial charge in [0.1, 0.15) is 23.0 Å². The van der Waals surface area contributed by atoms with Gasteiger partial charge in [0, 0.05) is 25.4 Å². The van der Waals surface area contributed by atoms with Gasteiger partial charge in [-0.2, -0.15) is 10.2 Å². The van der Waals surface area contributed by atoms with Crippen LogP contribution in [-0.2, 0) is 6.42 Å². The number of amides is 1. The largest absolute Gasteiger partial charge is 0.494 e. The van der Waals surface area contributed by atoms with Crippen LogP contribution in [0.5, 0.6) is 17.4 Å². The number of aromatic hydroxyl groups is 1. The third-order valence-electron chi connectivity index (χ3n) is 6.73. The van der Waals surface area contributed by atoms with Gasteiger partial charge in [0.2, 0.25) is 5.88 Å². The zero-order chi connectivity index (χ0) is 26.5. The Hall–Kier alpha value is -4.32. The van der Waals surface area contributed by atoms with Gasteiger partial charge in [0.05, 0.1) is 25.9 Å². The van der Waals surface area contributed by atoms with E-state index in [9.17, 15) is 20.0 Å². The molecule has 0 aliphatic carbocycles. The Morgan fingerprint density at radius 1 is 1.16 bits per heavy atom. The number of nitrogens with zero attached hydrogens (tertiary/aromatic N) is 4. The molecule has 37 heavy (non-hydrogen) atoms. The van der Waals surface area contributed by atoms with Gasteiger partial charge in [-0.1, -0.05) is 37.6 Å². The van der Waals surface area contributed by atoms with Gasteiger partial charge in [0.25, 0.3) is 11.5 Å². The maximum atomic E-state index is 13.6. The predicted molar refractivity (Wildman–Crippen MR) is 138 cm³/mol. The Kier molecular flexibility index (Phi) is 7.77. The first-order valence-corrected chi connectivity index (χ1v) is 12.3. The Morgan fingerprint density at radius 2 is 1.86 bits per heavy atom. The molecule has 1 aliphatic rings. The number of para-hydroxylation sites is 1. The number of carbonyl (C=O) groups is 1. The third-order valence-corrected chi connectivity index (χ3v) is 6.73. The molecule has 0 spiro atoms. The highest BCUT2D eigenvalue weighted by Crippen LogP contribution is 2.37. The summed E-state index contributed by atoms with van der Waals surface area (Å²) in [5.41, 5.74) is 0.618. The van der Waals surface area contributed by atoms with Crippen LogP contribution in [0, 0.1) is 11.3 Å². The summed E-state index contributed by atoms with van der Waals surface area (Å²) < 4.78 is 12.5. The molecule has 1 N–H and O–H groups in total. The lowest BCUT2D eigenvalue weighted by molar-refractivity contribution is 0.0784. The first kappa shape index (κ1) is 25.8. The standard InChI is InChI=1S/C28H30N4O5/c1-4-5-13-23-30-26(33)24(28(35)32(23)25-21(36-2)11-8-12-22(25)37-3)27(34)31-15-14-19(17-31)20-10-7-6-9-18(20)16-29/h6-12,19,35H,4-5,13-15,17H2,1-3H3. The number of methoxy groups -OCH3 is 2. The van der Waals surface area contributed by atoms with E-state index in [-0.39, 0.29) is 5.92 Å². The Bertz CT molecular complexity index is 1390. The summed E-state index contributed by atoms with van der Waals surface area (Å²) in [6.45, 7) is 2.72. The maximum absolute atomic E-state index is 13.6. The highest BCUT2D eigenvalue weighted by Gasteiger charge is 2.34. The lowest BCUT2D eigenvalue weighted by Gasteiger charge is -2.22. The Balaban J connectivity index is 1.80. The lowest BCUT2D eigenvalue weighted by Crippen LogP contribution is -2.35. The second kappa shape index (κ2) is 11.2. The quantitative estimate of drug-likeness (QED) is 0.498. The molecular formula is C28H30N4O5. The van der Waals surface area contributed by atoms with Crippen LogP contribution in [0.4, 0.5) is 0 Å². The van der Waals surface area contributed by atoms with Gasteiger partial charge in [-0.15, -0.1) is 0 Å². The van der Waals surface area contributed by atoms with Crippen molar-refractivity contribution >= 4 is 5.91 Å². The number of aromatic nitrogens is 2. The molecule has 1 atom stereocenters. The number of hydrogen-bond acceptors (Lipinski definition) is 7. The minimum atomic E-state index is -0.778. The summed E-state index contributed by atoms with van der Waals surface area (Å²) in [7, 11) is 2.99. The van der Waals surface area contributed by atoms with Crippen LogP contribution in [0.2, 0.25) is 0 Å². The van der Waals surface area contributed by atoms with Crippen molar-refractivity contribution in [2.75, 3.05) is 27.3 Å². The van der Waals surface area contributed by atoms with Crippen molar-refractivity contribution in [3.8, 4) is 29.1 Å². The van der Waals surface area contributed by atoms with Crippen molar-refractivity contribution in [3.05, 3.63) is 75.3 Å². The SMILES string of the molecule is CCCCc1nc(=O)c(C(=O)N2CCC(c3ccccc3C#N)C2)c(O)n1-c1c(OC)cccc1OC. The molecule has 9 heteroatoms. The van der Waals surface area contributed by atoms with Crippen molar-refractivity contribution in [2.45, 2.75) is 38.5 Å². The number of hydrogen-bond donors (Lipinski definition) is 1. The summed E-state index contributed by atoms with van der Waals surface area (Å²) >= 11 is 0. The van der Waals surface area contributed by atoms with E-state index < -0.39 is 22.9 Å². The van der Waals surface area contributed by atoms with Crippen LogP contribution in [0.15, 0.2) is 47.3 Å². The molecule has 2 heterocycles. The number of ether oxygens (including phenoxy) is 2. The van der Waals surface area contributed by atoms with E-state index >= 15 is 0 Å². The first-order valence-electron chi connectivity index (χ1n) is 12.3. The molecule has 0 bridgehead atoms. The highest BCUT2D eigenvalue weighted by atomic mass is 16.5. The van der Waals surface area contributed by atoms with Gasteiger partial charge in [0.15, 0.2) is 5.56 Å². The molecule has 1 amide bonds. The molecule has 1 fully saturated rings. The molecule has 3 aromatic rings. The van der Waals surface area contributed by atoms with Gasteiger partial charge < -0.3 is 19.5 Å². The fourth-order valence-corrected chi connectivity index (χ4v) is 4.84. The smallest absolute Gasteiger partial charge is 0.289 e. The zero-order valence-corrected chi connectivity index (χ0v) is 21.2. The summed E-state index contributed by atoms with van der Waals surface area (Å²) in [6.07, 6.45) is 2.62. The van der Waals surface area contributed by atoms with Gasteiger partial charge in [-0.05, 0) is 36.6 Å². The van der Waals surface area contributed by atoms with E-state index in [0.717, 1.165) is 18.4 Å². The molecule has 2 aromatic carbocycles. The second-order valence-electron chi connectivity index (χ2n) is 8.92. The number of carbonyl (C=O) groups excluding carboxylic acids is 1. The summed E-state index contributed by atoms with van der Waals surface area (Å²) in [5, 5.41) is 20.9. The van der Waals surface area contributed by atoms with Crippen molar-refractivity contribution in [2.24, 2.45) is 0 Å². The average Bonchev–Trinajstić information content (AvgIpc) is 3.41. The van der Waals surface area contributed by atoms with Crippen LogP contribution >= 0.6 is 0 Å². The monoisotopic (exact) mass is 502 g/mol. The minimum Gasteiger partial charge on any atom is -0.494 e. The van der Waals surface area contributed by atoms with Crippen molar-refractivity contribution in [1.82, 2.24) is 14.5 Å². The summed E-state index contributed by atoms with van der Waals surface area (Å²) in [6, 6.07) is 14.7. The van der Waals surface area contributed by atoms with Crippen molar-refractivity contribution in [3.63, 3.8) is 0 Å². The second-order valence-corrected chi connectivity index (χ2v) is 8.92. The van der Waals surface area contributed by atoms with E-state index in [1.54, 1.807) is 30.3 Å². The van der Waals surface area contributed by atoms with Crippen LogP contribution in [0.3, 0.4) is 0 Å². The van der Waals surface area contributed by atoms with Gasteiger partial charge in [-0.25, -0.2) is 0 Å². The molecule has 1 aliphatic heterocycles. The Labute approximate surface area is 215 Å². The topological polar surface area (TPSA) is 118 Å². The number of likely N-dealkylation sites (tertiary alicyclic amines) is 1. The number of benzene rings is 2. The molecular weight excluding hydrogens is 472 g/mol. The molecule has 0 saturated carbocycles. The third kappa shape index (κ3) is 4.87. The highest BCUT2D eigenvalue weighted by molar-refractivity contribution is 5.96. The Morgan fingerprint density at radius 3 is 2.51 bits per heavy atom. The maximum Gasteiger partial charge on any atom is 0.289 e. The molecule has 192 valence electrons.